The first-order valence-corrected chi connectivity index (χ1v) is 6.74. The molecule has 0 bridgehead atoms. The summed E-state index contributed by atoms with van der Waals surface area (Å²) in [5.41, 5.74) is -0.486. The van der Waals surface area contributed by atoms with Crippen LogP contribution in [0.15, 0.2) is 16.7 Å². The number of ketones is 1. The number of Topliss-reactive ketones (excluding diaryl/α,β-unsaturated/α-hetero) is 1. The molecule has 0 aliphatic heterocycles. The van der Waals surface area contributed by atoms with Gasteiger partial charge in [0.25, 0.3) is 0 Å². The monoisotopic (exact) mass is 344 g/mol. The Kier molecular flexibility index (Phi) is 5.24. The Morgan fingerprint density at radius 1 is 1.45 bits per heavy atom. The van der Waals surface area contributed by atoms with Gasteiger partial charge < -0.3 is 15.2 Å². The molecular formula is C13H17BrN2O4. The second-order valence-corrected chi connectivity index (χ2v) is 6.00. The first-order valence-electron chi connectivity index (χ1n) is 5.94. The summed E-state index contributed by atoms with van der Waals surface area (Å²) in [4.78, 5) is 27.9. The van der Waals surface area contributed by atoms with Gasteiger partial charge in [-0.05, 0) is 49.8 Å². The van der Waals surface area contributed by atoms with Crippen LogP contribution in [0.3, 0.4) is 0 Å². The molecule has 0 aliphatic carbocycles. The smallest absolute Gasteiger partial charge is 0.331 e. The molecule has 0 saturated carbocycles. The number of nitrogens with one attached hydrogen (secondary N) is 1. The van der Waals surface area contributed by atoms with Gasteiger partial charge in [0, 0.05) is 11.8 Å². The van der Waals surface area contributed by atoms with E-state index in [9.17, 15) is 14.7 Å². The number of esters is 1. The summed E-state index contributed by atoms with van der Waals surface area (Å²) in [6, 6.07) is 0.284. The zero-order chi connectivity index (χ0) is 15.5. The highest BCUT2D eigenvalue weighted by Crippen LogP contribution is 2.22. The van der Waals surface area contributed by atoms with Crippen LogP contribution in [-0.2, 0) is 9.53 Å². The summed E-state index contributed by atoms with van der Waals surface area (Å²) in [6.45, 7) is 5.17. The minimum absolute atomic E-state index is 0.194. The number of halogens is 1. The SMILES string of the molecule is CNC(C(=O)OC(C)(C)C)C(=O)c1cnc(O)c(Br)c1. The van der Waals surface area contributed by atoms with Gasteiger partial charge in [-0.1, -0.05) is 0 Å². The maximum atomic E-state index is 12.3. The average Bonchev–Trinajstić information content (AvgIpc) is 2.31. The molecule has 0 aliphatic rings. The molecule has 0 radical (unpaired) electrons. The van der Waals surface area contributed by atoms with Gasteiger partial charge in [-0.15, -0.1) is 0 Å². The summed E-state index contributed by atoms with van der Waals surface area (Å²) >= 11 is 3.07. The zero-order valence-corrected chi connectivity index (χ0v) is 13.3. The minimum Gasteiger partial charge on any atom is -0.492 e. The quantitative estimate of drug-likeness (QED) is 0.490. The summed E-state index contributed by atoms with van der Waals surface area (Å²) in [5, 5.41) is 11.9. The fraction of sp³-hybridized carbons (Fsp3) is 0.462. The molecule has 1 heterocycles. The van der Waals surface area contributed by atoms with E-state index in [1.165, 1.54) is 19.3 Å². The van der Waals surface area contributed by atoms with Crippen LogP contribution < -0.4 is 5.32 Å². The Labute approximate surface area is 125 Å². The first-order chi connectivity index (χ1) is 9.15. The lowest BCUT2D eigenvalue weighted by atomic mass is 10.1. The van der Waals surface area contributed by atoms with E-state index in [2.05, 4.69) is 26.2 Å². The van der Waals surface area contributed by atoms with Gasteiger partial charge in [-0.25, -0.2) is 9.78 Å². The topological polar surface area (TPSA) is 88.5 Å². The summed E-state index contributed by atoms with van der Waals surface area (Å²) < 4.78 is 5.46. The van der Waals surface area contributed by atoms with Crippen LogP contribution in [0.1, 0.15) is 31.1 Å². The van der Waals surface area contributed by atoms with E-state index < -0.39 is 23.4 Å². The van der Waals surface area contributed by atoms with Crippen molar-refractivity contribution < 1.29 is 19.4 Å². The Hall–Kier alpha value is -1.47. The lowest BCUT2D eigenvalue weighted by Gasteiger charge is -2.23. The molecule has 2 N–H and O–H groups in total. The molecule has 1 rings (SSSR count). The summed E-state index contributed by atoms with van der Waals surface area (Å²) in [6.07, 6.45) is 1.21. The van der Waals surface area contributed by atoms with Gasteiger partial charge in [-0.3, -0.25) is 4.79 Å². The van der Waals surface area contributed by atoms with E-state index in [1.807, 2.05) is 0 Å². The van der Waals surface area contributed by atoms with Crippen LogP contribution in [0.2, 0.25) is 0 Å². The molecule has 1 aromatic heterocycles. The third-order valence-electron chi connectivity index (χ3n) is 2.30. The zero-order valence-electron chi connectivity index (χ0n) is 11.7. The Balaban J connectivity index is 2.97. The van der Waals surface area contributed by atoms with Crippen molar-refractivity contribution in [3.8, 4) is 5.88 Å². The van der Waals surface area contributed by atoms with Gasteiger partial charge in [0.2, 0.25) is 5.88 Å². The third kappa shape index (κ3) is 4.28. The highest BCUT2D eigenvalue weighted by Gasteiger charge is 2.31. The molecule has 110 valence electrons. The number of pyridine rings is 1. The molecule has 6 nitrogen and oxygen atoms in total. The molecule has 1 atom stereocenters. The molecule has 7 heteroatoms. The molecular weight excluding hydrogens is 328 g/mol. The number of aromatic hydroxyl groups is 1. The summed E-state index contributed by atoms with van der Waals surface area (Å²) in [5.74, 6) is -1.36. The van der Waals surface area contributed by atoms with Gasteiger partial charge in [-0.2, -0.15) is 0 Å². The lowest BCUT2D eigenvalue weighted by Crippen LogP contribution is -2.45. The maximum absolute atomic E-state index is 12.3. The van der Waals surface area contributed by atoms with Crippen molar-refractivity contribution in [1.82, 2.24) is 10.3 Å². The molecule has 0 fully saturated rings. The van der Waals surface area contributed by atoms with Crippen LogP contribution in [0.4, 0.5) is 0 Å². The second kappa shape index (κ2) is 6.32. The Bertz CT molecular complexity index is 526. The normalized spacial score (nSPS) is 12.8. The van der Waals surface area contributed by atoms with Gasteiger partial charge >= 0.3 is 5.97 Å². The number of ether oxygens (including phenoxy) is 1. The van der Waals surface area contributed by atoms with E-state index in [4.69, 9.17) is 4.74 Å². The highest BCUT2D eigenvalue weighted by molar-refractivity contribution is 9.10. The number of hydrogen-bond donors (Lipinski definition) is 2. The molecule has 0 aromatic carbocycles. The summed E-state index contributed by atoms with van der Waals surface area (Å²) in [7, 11) is 1.50. The number of likely N-dealkylation sites (N-methyl/N-ethyl adjacent to an activating group) is 1. The van der Waals surface area contributed by atoms with Crippen LogP contribution in [0.5, 0.6) is 5.88 Å². The largest absolute Gasteiger partial charge is 0.492 e. The van der Waals surface area contributed by atoms with Crippen molar-refractivity contribution in [3.63, 3.8) is 0 Å². The highest BCUT2D eigenvalue weighted by atomic mass is 79.9. The predicted octanol–water partition coefficient (Wildman–Crippen LogP) is 1.66. The average molecular weight is 345 g/mol. The van der Waals surface area contributed by atoms with Crippen LogP contribution >= 0.6 is 15.9 Å². The van der Waals surface area contributed by atoms with Crippen molar-refractivity contribution in [2.45, 2.75) is 32.4 Å². The van der Waals surface area contributed by atoms with E-state index in [-0.39, 0.29) is 15.9 Å². The maximum Gasteiger partial charge on any atom is 0.331 e. The number of hydrogen-bond acceptors (Lipinski definition) is 6. The third-order valence-corrected chi connectivity index (χ3v) is 2.88. The molecule has 1 aromatic rings. The molecule has 0 saturated heterocycles. The minimum atomic E-state index is -1.12. The number of carbonyl (C=O) groups is 2. The van der Waals surface area contributed by atoms with Gasteiger partial charge in [0.1, 0.15) is 5.60 Å². The van der Waals surface area contributed by atoms with E-state index in [1.54, 1.807) is 20.8 Å². The predicted molar refractivity (Wildman–Crippen MR) is 76.6 cm³/mol. The fourth-order valence-electron chi connectivity index (χ4n) is 1.45. The number of rotatable bonds is 4. The standard InChI is InChI=1S/C13H17BrN2O4/c1-13(2,3)20-12(19)9(15-4)10(17)7-5-8(14)11(18)16-6-7/h5-6,9,15H,1-4H3,(H,16,18). The fourth-order valence-corrected chi connectivity index (χ4v) is 1.80. The van der Waals surface area contributed by atoms with Crippen LogP contribution in [-0.4, -0.2) is 40.5 Å². The van der Waals surface area contributed by atoms with Crippen molar-refractivity contribution in [2.75, 3.05) is 7.05 Å². The van der Waals surface area contributed by atoms with E-state index in [0.29, 0.717) is 0 Å². The molecule has 0 amide bonds. The molecule has 1 unspecified atom stereocenters. The molecule has 0 spiro atoms. The number of nitrogens with zero attached hydrogens (tertiary/aromatic N) is 1. The van der Waals surface area contributed by atoms with E-state index >= 15 is 0 Å². The van der Waals surface area contributed by atoms with Gasteiger partial charge in [0.15, 0.2) is 11.8 Å². The van der Waals surface area contributed by atoms with Crippen LogP contribution in [0, 0.1) is 0 Å². The number of aromatic nitrogens is 1. The second-order valence-electron chi connectivity index (χ2n) is 5.15. The van der Waals surface area contributed by atoms with Crippen molar-refractivity contribution in [1.29, 1.82) is 0 Å². The molecule has 20 heavy (non-hydrogen) atoms. The van der Waals surface area contributed by atoms with E-state index in [0.717, 1.165) is 0 Å². The van der Waals surface area contributed by atoms with Gasteiger partial charge in [0.05, 0.1) is 4.47 Å². The first kappa shape index (κ1) is 16.6. The Morgan fingerprint density at radius 2 is 2.05 bits per heavy atom. The number of carbonyl (C=O) groups excluding carboxylic acids is 2. The van der Waals surface area contributed by atoms with Crippen molar-refractivity contribution in [2.24, 2.45) is 0 Å². The van der Waals surface area contributed by atoms with Crippen molar-refractivity contribution >= 4 is 27.7 Å². The lowest BCUT2D eigenvalue weighted by molar-refractivity contribution is -0.155. The Morgan fingerprint density at radius 3 is 2.50 bits per heavy atom. The van der Waals surface area contributed by atoms with Crippen molar-refractivity contribution in [3.05, 3.63) is 22.3 Å². The van der Waals surface area contributed by atoms with Crippen LogP contribution in [0.25, 0.3) is 0 Å².